The van der Waals surface area contributed by atoms with Crippen molar-refractivity contribution in [3.63, 3.8) is 0 Å². The van der Waals surface area contributed by atoms with E-state index in [0.717, 1.165) is 13.8 Å². The van der Waals surface area contributed by atoms with Crippen LogP contribution in [0.2, 0.25) is 0 Å². The van der Waals surface area contributed by atoms with E-state index in [2.05, 4.69) is 79.4 Å². The highest BCUT2D eigenvalue weighted by molar-refractivity contribution is 6.01. The van der Waals surface area contributed by atoms with Crippen molar-refractivity contribution in [1.29, 1.82) is 0 Å². The Kier molecular flexibility index (Phi) is 51.7. The number of nitrogens with two attached hydrogens (primary N) is 5. The third-order valence-electron chi connectivity index (χ3n) is 19.6. The van der Waals surface area contributed by atoms with Crippen molar-refractivity contribution in [2.45, 2.75) is 280 Å². The summed E-state index contributed by atoms with van der Waals surface area (Å²) in [6.07, 6.45) is -12.3. The fourth-order valence-electron chi connectivity index (χ4n) is 12.2. The second-order valence-electron chi connectivity index (χ2n) is 31.2. The second-order valence-corrected chi connectivity index (χ2v) is 31.2. The van der Waals surface area contributed by atoms with Crippen molar-refractivity contribution in [3.05, 3.63) is 35.9 Å². The maximum absolute atomic E-state index is 14.3. The lowest BCUT2D eigenvalue weighted by Crippen LogP contribution is -2.62. The molecule has 0 unspecified atom stereocenters. The van der Waals surface area contributed by atoms with Gasteiger partial charge in [0.1, 0.15) is 78.5 Å². The molecule has 0 aliphatic heterocycles. The Labute approximate surface area is 736 Å². The summed E-state index contributed by atoms with van der Waals surface area (Å²) in [6, 6.07) is -18.3. The van der Waals surface area contributed by atoms with Gasteiger partial charge in [-0.2, -0.15) is 0 Å². The number of guanidine groups is 1. The van der Waals surface area contributed by atoms with Crippen LogP contribution in [0.1, 0.15) is 177 Å². The van der Waals surface area contributed by atoms with E-state index in [4.69, 9.17) is 28.7 Å². The first-order valence-electron chi connectivity index (χ1n) is 41.2. The van der Waals surface area contributed by atoms with E-state index < -0.39 is 322 Å². The standard InChI is InChI=1S/C78H126N20O30/c1-9-38(6)62(97-69(119)46(23-27-59(110)111)88-66(116)44(21-25-57(106)107)90-76(126)63(40(8)100)98-65(115)42(80)18-13-14-28-79)75(125)95-52(35-99)73(123)89-45(22-26-58(108)109)68(118)96-61(37(4)5)74(124)94-50(32-54(81)102)72(122)92-48(30-36(2)3)53(101)34-55(103)86-51(33-60(112)113)70(120)85-39(7)64(114)87-43(20-24-56(104)105)67(117)93-49(31-41-16-11-10-12-17-41)71(121)91-47(77(127)128)19-15-29-84-78(82)83/h10-12,16-17,36-40,42-53,61-63,99-101H,9,13-15,18-35,79-80H2,1-8H3,(H2,81,102)(H,85,120)(H,86,103)(H,87,114)(H,88,116)(H,89,123)(H,90,126)(H,91,121)(H,92,122)(H,93,117)(H,94,124)(H,95,125)(H,96,118)(H,97,119)(H,98,115)(H,104,105)(H,106,107)(H,108,109)(H,110,111)(H,112,113)(H,127,128)(H4,82,83,84)/t38-,39-,40+,42-,43-,44-,45-,46-,47-,48-,49-,50-,51-,52-,53-,61-,62-,63-/m0/s1. The summed E-state index contributed by atoms with van der Waals surface area (Å²) < 4.78 is 0. The van der Waals surface area contributed by atoms with Gasteiger partial charge in [0.2, 0.25) is 88.6 Å². The molecule has 18 atom stereocenters. The van der Waals surface area contributed by atoms with Gasteiger partial charge >= 0.3 is 35.8 Å². The summed E-state index contributed by atoms with van der Waals surface area (Å²) in [4.78, 5) is 283. The fourth-order valence-corrected chi connectivity index (χ4v) is 12.2. The third-order valence-corrected chi connectivity index (χ3v) is 19.6. The van der Waals surface area contributed by atoms with E-state index in [1.807, 2.05) is 0 Å². The van der Waals surface area contributed by atoms with E-state index in [1.165, 1.54) is 20.8 Å². The van der Waals surface area contributed by atoms with Crippen molar-refractivity contribution in [3.8, 4) is 0 Å². The SMILES string of the molecule is CC[C@H](C)[C@H](NC(=O)[C@H](CCC(=O)O)NC(=O)[C@H](CCC(=O)O)NC(=O)[C@@H](NC(=O)[C@@H](N)CCCCN)[C@@H](C)O)C(=O)N[C@@H](CO)C(=O)N[C@@H](CCC(=O)O)C(=O)N[C@H](C(=O)N[C@@H](CC(N)=O)C(=O)N[C@@H](CC(C)C)[C@@H](O)CC(=O)N[C@@H](CC(=O)O)C(=O)N[C@@H](C)C(=O)N[C@@H](CCC(=O)O)C(=O)N[C@@H](Cc1ccccc1)C(=O)N[C@@H](CCCN=C(N)N)C(=O)O)C(C)C. The molecule has 33 N–H and O–H groups in total. The summed E-state index contributed by atoms with van der Waals surface area (Å²) in [5.74, 6) is -30.0. The Balaban J connectivity index is 3.54. The molecule has 0 saturated carbocycles. The molecule has 15 amide bonds. The number of aliphatic carboxylic acids is 6. The lowest BCUT2D eigenvalue weighted by atomic mass is 9.96. The van der Waals surface area contributed by atoms with Crippen molar-refractivity contribution in [2.24, 2.45) is 51.4 Å². The first kappa shape index (κ1) is 113. The minimum atomic E-state index is -2.06. The molecule has 0 aliphatic rings. The van der Waals surface area contributed by atoms with Gasteiger partial charge in [-0.15, -0.1) is 0 Å². The number of nitrogens with one attached hydrogen (secondary N) is 14. The van der Waals surface area contributed by atoms with Gasteiger partial charge in [-0.1, -0.05) is 84.7 Å². The minimum absolute atomic E-state index is 0.00210. The first-order valence-corrected chi connectivity index (χ1v) is 41.2. The van der Waals surface area contributed by atoms with E-state index in [0.29, 0.717) is 18.4 Å². The summed E-state index contributed by atoms with van der Waals surface area (Å²) >= 11 is 0. The lowest BCUT2D eigenvalue weighted by molar-refractivity contribution is -0.143. The van der Waals surface area contributed by atoms with Crippen LogP contribution in [0.5, 0.6) is 0 Å². The topological polar surface area (TPSA) is 851 Å². The zero-order chi connectivity index (χ0) is 97.5. The molecular weight excluding hydrogens is 1700 g/mol. The minimum Gasteiger partial charge on any atom is -0.481 e. The Morgan fingerprint density at radius 1 is 0.398 bits per heavy atom. The Morgan fingerprint density at radius 3 is 1.25 bits per heavy atom. The number of carbonyl (C=O) groups is 21. The number of nitrogens with zero attached hydrogens (tertiary/aromatic N) is 1. The van der Waals surface area contributed by atoms with E-state index in [9.17, 15) is 147 Å². The van der Waals surface area contributed by atoms with Gasteiger partial charge in [0, 0.05) is 38.6 Å². The van der Waals surface area contributed by atoms with Gasteiger partial charge < -0.3 is 149 Å². The van der Waals surface area contributed by atoms with Crippen LogP contribution in [0, 0.1) is 17.8 Å². The zero-order valence-corrected chi connectivity index (χ0v) is 72.4. The van der Waals surface area contributed by atoms with Gasteiger partial charge in [-0.25, -0.2) is 4.79 Å². The van der Waals surface area contributed by atoms with E-state index in [-0.39, 0.29) is 57.6 Å². The number of carbonyl (C=O) groups excluding carboxylic acids is 15. The summed E-state index contributed by atoms with van der Waals surface area (Å²) in [5.41, 5.74) is 28.1. The van der Waals surface area contributed by atoms with Crippen LogP contribution in [-0.2, 0) is 107 Å². The van der Waals surface area contributed by atoms with Crippen LogP contribution in [-0.4, -0.2) is 299 Å². The molecule has 0 aromatic heterocycles. The van der Waals surface area contributed by atoms with Crippen LogP contribution in [0.4, 0.5) is 0 Å². The summed E-state index contributed by atoms with van der Waals surface area (Å²) in [7, 11) is 0. The summed E-state index contributed by atoms with van der Waals surface area (Å²) in [6.45, 7) is 10.0. The molecule has 128 heavy (non-hydrogen) atoms. The number of aliphatic hydroxyl groups is 3. The number of benzene rings is 1. The highest BCUT2D eigenvalue weighted by Gasteiger charge is 2.41. The van der Waals surface area contributed by atoms with Gasteiger partial charge in [0.25, 0.3) is 0 Å². The smallest absolute Gasteiger partial charge is 0.326 e. The van der Waals surface area contributed by atoms with Crippen LogP contribution >= 0.6 is 0 Å². The maximum Gasteiger partial charge on any atom is 0.326 e. The normalized spacial score (nSPS) is 15.3. The molecule has 1 aromatic carbocycles. The van der Waals surface area contributed by atoms with E-state index >= 15 is 0 Å². The number of aliphatic hydroxyl groups excluding tert-OH is 3. The molecule has 0 heterocycles. The summed E-state index contributed by atoms with van der Waals surface area (Å²) in [5, 5.41) is 123. The zero-order valence-electron chi connectivity index (χ0n) is 72.4. The van der Waals surface area contributed by atoms with Gasteiger partial charge in [-0.3, -0.25) is 101 Å². The second kappa shape index (κ2) is 58.4. The van der Waals surface area contributed by atoms with Crippen molar-refractivity contribution in [1.82, 2.24) is 74.4 Å². The maximum atomic E-state index is 14.3. The number of aliphatic imine (C=N–C) groups is 1. The number of rotatable bonds is 64. The van der Waals surface area contributed by atoms with Gasteiger partial charge in [0.05, 0.1) is 50.2 Å². The fraction of sp³-hybridized carbons (Fsp3) is 0.641. The number of unbranched alkanes of at least 4 members (excludes halogenated alkanes) is 1. The van der Waals surface area contributed by atoms with Crippen molar-refractivity contribution < 1.29 is 147 Å². The number of hydrogen-bond donors (Lipinski definition) is 28. The largest absolute Gasteiger partial charge is 0.481 e. The highest BCUT2D eigenvalue weighted by Crippen LogP contribution is 2.17. The molecule has 0 bridgehead atoms. The van der Waals surface area contributed by atoms with Crippen molar-refractivity contribution in [2.75, 3.05) is 19.7 Å². The van der Waals surface area contributed by atoms with Crippen LogP contribution in [0.25, 0.3) is 0 Å². The molecule has 0 radical (unpaired) electrons. The Morgan fingerprint density at radius 2 is 0.805 bits per heavy atom. The first-order chi connectivity index (χ1) is 59.9. The number of amides is 15. The van der Waals surface area contributed by atoms with Crippen LogP contribution < -0.4 is 103 Å². The molecule has 718 valence electrons. The van der Waals surface area contributed by atoms with Crippen LogP contribution in [0.3, 0.4) is 0 Å². The molecule has 0 spiro atoms. The van der Waals surface area contributed by atoms with E-state index in [1.54, 1.807) is 51.1 Å². The number of primary amides is 1. The average Bonchev–Trinajstić information content (AvgIpc) is 0.849. The molecule has 1 aromatic rings. The van der Waals surface area contributed by atoms with Gasteiger partial charge in [0.15, 0.2) is 5.96 Å². The predicted molar refractivity (Wildman–Crippen MR) is 448 cm³/mol. The van der Waals surface area contributed by atoms with Gasteiger partial charge in [-0.05, 0) is 101 Å². The molecular formula is C78H126N20O30. The number of carboxylic acids is 6. The number of carboxylic acid groups (broad SMARTS) is 6. The predicted octanol–water partition coefficient (Wildman–Crippen LogP) is -8.69. The number of hydrogen-bond acceptors (Lipinski definition) is 27. The molecule has 50 heteroatoms. The molecule has 0 saturated heterocycles. The monoisotopic (exact) mass is 1820 g/mol. The molecule has 1 rings (SSSR count). The van der Waals surface area contributed by atoms with Crippen molar-refractivity contribution >= 4 is 130 Å². The average molecular weight is 1820 g/mol. The highest BCUT2D eigenvalue weighted by atomic mass is 16.4. The molecule has 50 nitrogen and oxygen atoms in total. The van der Waals surface area contributed by atoms with Crippen LogP contribution in [0.15, 0.2) is 35.3 Å². The quantitative estimate of drug-likeness (QED) is 0.0164. The Bertz CT molecular complexity index is 4000. The third kappa shape index (κ3) is 44.3. The Hall–Kier alpha value is -12.8. The molecule has 0 fully saturated rings. The molecule has 0 aliphatic carbocycles. The lowest BCUT2D eigenvalue weighted by Gasteiger charge is -2.30.